The highest BCUT2D eigenvalue weighted by Gasteiger charge is 2.19. The van der Waals surface area contributed by atoms with Crippen molar-refractivity contribution in [3.05, 3.63) is 5.82 Å². The highest BCUT2D eigenvalue weighted by Crippen LogP contribution is 2.17. The maximum atomic E-state index is 5.72. The lowest BCUT2D eigenvalue weighted by atomic mass is 10.1. The molecule has 0 aliphatic rings. The third-order valence-corrected chi connectivity index (χ3v) is 3.17. The number of rotatable bonds is 9. The van der Waals surface area contributed by atoms with Gasteiger partial charge in [0.2, 0.25) is 11.9 Å². The van der Waals surface area contributed by atoms with Crippen LogP contribution in [-0.4, -0.2) is 54.6 Å². The highest BCUT2D eigenvalue weighted by atomic mass is 15.4. The van der Waals surface area contributed by atoms with Crippen LogP contribution in [0.2, 0.25) is 0 Å². The van der Waals surface area contributed by atoms with Gasteiger partial charge in [-0.2, -0.15) is 15.0 Å². The molecule has 0 bridgehead atoms. The number of nitrogens with two attached hydrogens (primary N) is 5. The van der Waals surface area contributed by atoms with Gasteiger partial charge >= 0.3 is 0 Å². The first kappa shape index (κ1) is 17.5. The Hall–Kier alpha value is -1.59. The molecule has 0 amide bonds. The van der Waals surface area contributed by atoms with Crippen LogP contribution in [0.3, 0.4) is 0 Å². The smallest absolute Gasteiger partial charge is 0.232 e. The highest BCUT2D eigenvalue weighted by molar-refractivity contribution is 5.39. The molecule has 10 nitrogen and oxygen atoms in total. The number of aromatic nitrogens is 3. The summed E-state index contributed by atoms with van der Waals surface area (Å²) in [7, 11) is 0. The first-order valence-electron chi connectivity index (χ1n) is 6.91. The normalized spacial score (nSPS) is 11.0. The summed E-state index contributed by atoms with van der Waals surface area (Å²) < 4.78 is 0. The SMILES string of the molecule is CCN(CN)c1nc(C(CN)CN)nc(N(CN)CN)n1. The third kappa shape index (κ3) is 4.19. The lowest BCUT2D eigenvalue weighted by molar-refractivity contribution is 0.641. The second kappa shape index (κ2) is 8.64. The Bertz CT molecular complexity index is 339. The van der Waals surface area contributed by atoms with E-state index in [9.17, 15) is 0 Å². The molecule has 0 fully saturated rings. The first-order chi connectivity index (χ1) is 10.1. The average molecular weight is 298 g/mol. The maximum Gasteiger partial charge on any atom is 0.232 e. The fourth-order valence-electron chi connectivity index (χ4n) is 1.73. The van der Waals surface area contributed by atoms with Crippen molar-refractivity contribution < 1.29 is 0 Å². The minimum atomic E-state index is -0.153. The molecule has 1 heterocycles. The maximum absolute atomic E-state index is 5.72. The molecule has 0 aromatic carbocycles. The zero-order chi connectivity index (χ0) is 15.8. The van der Waals surface area contributed by atoms with E-state index in [2.05, 4.69) is 15.0 Å². The predicted molar refractivity (Wildman–Crippen MR) is 83.3 cm³/mol. The van der Waals surface area contributed by atoms with Gasteiger partial charge in [-0.15, -0.1) is 0 Å². The summed E-state index contributed by atoms with van der Waals surface area (Å²) in [5.41, 5.74) is 28.5. The van der Waals surface area contributed by atoms with Crippen LogP contribution in [0.25, 0.3) is 0 Å². The topological polar surface area (TPSA) is 175 Å². The molecule has 0 aliphatic heterocycles. The van der Waals surface area contributed by atoms with Crippen LogP contribution in [0.4, 0.5) is 11.9 Å². The Labute approximate surface area is 124 Å². The zero-order valence-corrected chi connectivity index (χ0v) is 12.4. The quantitative estimate of drug-likeness (QED) is 0.300. The summed E-state index contributed by atoms with van der Waals surface area (Å²) >= 11 is 0. The second-order valence-electron chi connectivity index (χ2n) is 4.41. The summed E-state index contributed by atoms with van der Waals surface area (Å²) in [5.74, 6) is 1.25. The van der Waals surface area contributed by atoms with Crippen LogP contribution in [0, 0.1) is 0 Å². The summed E-state index contributed by atoms with van der Waals surface area (Å²) in [4.78, 5) is 16.6. The van der Waals surface area contributed by atoms with Gasteiger partial charge in [0.25, 0.3) is 0 Å². The van der Waals surface area contributed by atoms with Crippen molar-refractivity contribution in [3.8, 4) is 0 Å². The van der Waals surface area contributed by atoms with E-state index in [-0.39, 0.29) is 19.3 Å². The second-order valence-corrected chi connectivity index (χ2v) is 4.41. The minimum Gasteiger partial charge on any atom is -0.330 e. The molecule has 0 radical (unpaired) electrons. The predicted octanol–water partition coefficient (Wildman–Crippen LogP) is -2.75. The molecule has 0 unspecified atom stereocenters. The molecule has 1 aromatic heterocycles. The van der Waals surface area contributed by atoms with Gasteiger partial charge in [-0.25, -0.2) is 0 Å². The first-order valence-corrected chi connectivity index (χ1v) is 6.91. The third-order valence-electron chi connectivity index (χ3n) is 3.17. The van der Waals surface area contributed by atoms with Crippen molar-refractivity contribution in [1.29, 1.82) is 0 Å². The monoisotopic (exact) mass is 298 g/mol. The summed E-state index contributed by atoms with van der Waals surface area (Å²) in [6.45, 7) is 4.01. The van der Waals surface area contributed by atoms with Gasteiger partial charge in [-0.1, -0.05) is 0 Å². The molecule has 1 aromatic rings. The van der Waals surface area contributed by atoms with Gasteiger partial charge in [0.1, 0.15) is 5.82 Å². The number of anilines is 2. The molecule has 120 valence electrons. The molecule has 0 atom stereocenters. The lowest BCUT2D eigenvalue weighted by Gasteiger charge is -2.24. The van der Waals surface area contributed by atoms with Gasteiger partial charge in [0, 0.05) is 25.6 Å². The molecule has 10 N–H and O–H groups in total. The molecular formula is C11H26N10. The van der Waals surface area contributed by atoms with Crippen LogP contribution >= 0.6 is 0 Å². The van der Waals surface area contributed by atoms with Crippen LogP contribution < -0.4 is 38.5 Å². The standard InChI is InChI=1S/C11H26N10/c1-2-20(5-14)10-17-9(8(3-12)4-13)18-11(19-10)21(6-15)7-16/h8H,2-7,12-16H2,1H3. The molecule has 10 heteroatoms. The van der Waals surface area contributed by atoms with Gasteiger partial charge in [0.15, 0.2) is 0 Å². The van der Waals surface area contributed by atoms with Crippen molar-refractivity contribution in [3.63, 3.8) is 0 Å². The summed E-state index contributed by atoms with van der Waals surface area (Å²) in [5, 5.41) is 0. The lowest BCUT2D eigenvalue weighted by Crippen LogP contribution is -2.38. The summed E-state index contributed by atoms with van der Waals surface area (Å²) in [6.07, 6.45) is 0. The van der Waals surface area contributed by atoms with Crippen LogP contribution in [0.1, 0.15) is 18.7 Å². The molecule has 21 heavy (non-hydrogen) atoms. The van der Waals surface area contributed by atoms with Crippen molar-refractivity contribution in [2.45, 2.75) is 12.8 Å². The van der Waals surface area contributed by atoms with E-state index in [0.717, 1.165) is 0 Å². The zero-order valence-electron chi connectivity index (χ0n) is 12.4. The molecule has 0 aliphatic carbocycles. The molecule has 0 saturated carbocycles. The van der Waals surface area contributed by atoms with E-state index in [4.69, 9.17) is 28.7 Å². The molecular weight excluding hydrogens is 272 g/mol. The van der Waals surface area contributed by atoms with Crippen LogP contribution in [0.15, 0.2) is 0 Å². The van der Waals surface area contributed by atoms with E-state index in [1.165, 1.54) is 0 Å². The van der Waals surface area contributed by atoms with E-state index in [0.29, 0.717) is 44.0 Å². The largest absolute Gasteiger partial charge is 0.330 e. The van der Waals surface area contributed by atoms with Gasteiger partial charge in [0.05, 0.1) is 20.0 Å². The van der Waals surface area contributed by atoms with Crippen molar-refractivity contribution in [1.82, 2.24) is 15.0 Å². The summed E-state index contributed by atoms with van der Waals surface area (Å²) in [6, 6.07) is 0. The van der Waals surface area contributed by atoms with Crippen molar-refractivity contribution in [2.24, 2.45) is 28.7 Å². The average Bonchev–Trinajstić information content (AvgIpc) is 2.51. The van der Waals surface area contributed by atoms with E-state index < -0.39 is 0 Å². The van der Waals surface area contributed by atoms with Gasteiger partial charge < -0.3 is 38.5 Å². The van der Waals surface area contributed by atoms with Crippen molar-refractivity contribution >= 4 is 11.9 Å². The Morgan fingerprint density at radius 1 is 0.810 bits per heavy atom. The Morgan fingerprint density at radius 2 is 1.29 bits per heavy atom. The molecule has 0 saturated heterocycles. The van der Waals surface area contributed by atoms with Crippen LogP contribution in [0.5, 0.6) is 0 Å². The minimum absolute atomic E-state index is 0.153. The van der Waals surface area contributed by atoms with Crippen molar-refractivity contribution in [2.75, 3.05) is 49.4 Å². The van der Waals surface area contributed by atoms with Crippen LogP contribution in [-0.2, 0) is 0 Å². The fourth-order valence-corrected chi connectivity index (χ4v) is 1.73. The molecule has 0 spiro atoms. The van der Waals surface area contributed by atoms with Gasteiger partial charge in [-0.3, -0.25) is 0 Å². The van der Waals surface area contributed by atoms with E-state index in [1.807, 2.05) is 11.8 Å². The number of hydrogen-bond acceptors (Lipinski definition) is 10. The Balaban J connectivity index is 3.30. The Kier molecular flexibility index (Phi) is 7.19. The van der Waals surface area contributed by atoms with E-state index in [1.54, 1.807) is 4.90 Å². The molecule has 1 rings (SSSR count). The Morgan fingerprint density at radius 3 is 1.67 bits per heavy atom. The van der Waals surface area contributed by atoms with E-state index >= 15 is 0 Å². The number of nitrogens with zero attached hydrogens (tertiary/aromatic N) is 5. The fraction of sp³-hybridized carbons (Fsp3) is 0.727. The van der Waals surface area contributed by atoms with Gasteiger partial charge in [-0.05, 0) is 6.92 Å². The number of hydrogen-bond donors (Lipinski definition) is 5.